The van der Waals surface area contributed by atoms with Gasteiger partial charge in [0.25, 0.3) is 5.91 Å². The Hall–Kier alpha value is -5.51. The van der Waals surface area contributed by atoms with Gasteiger partial charge < -0.3 is 50.2 Å². The fourth-order valence-corrected chi connectivity index (χ4v) is 6.24. The van der Waals surface area contributed by atoms with Crippen LogP contribution in [-0.4, -0.2) is 89.5 Å². The Kier molecular flexibility index (Phi) is 12.6. The number of piperidine rings is 1. The predicted octanol–water partition coefficient (Wildman–Crippen LogP) is 3.30. The number of nitrogens with zero attached hydrogens (tertiary/aromatic N) is 2. The van der Waals surface area contributed by atoms with Crippen molar-refractivity contribution >= 4 is 29.5 Å². The van der Waals surface area contributed by atoms with Gasteiger partial charge in [-0.1, -0.05) is 12.1 Å². The normalized spacial score (nSPS) is 18.4. The van der Waals surface area contributed by atoms with Crippen molar-refractivity contribution in [2.24, 2.45) is 5.73 Å². The minimum Gasteiger partial charge on any atom is -0.542 e. The Balaban J connectivity index is 0.000000785. The molecule has 3 aromatic carbocycles. The SMILES string of the molecule is CC(C)NC(=O)c1ccc(NC(=O)N([C@@H]2CCC[N+](C)(Cc3ccc4c(c3)OCO4)C2)[C@@H](Cc2ccc(O)cc2)C(N)=O)cc1.O=C([O-])C(F)(F)F. The number of fused-ring (bicyclic) bond motifs is 1. The van der Waals surface area contributed by atoms with E-state index in [9.17, 15) is 32.7 Å². The molecular weight excluding hydrogens is 687 g/mol. The molecule has 2 aliphatic heterocycles. The molecule has 13 nitrogen and oxygen atoms in total. The number of hydrogen-bond acceptors (Lipinski definition) is 8. The second kappa shape index (κ2) is 16.7. The maximum Gasteiger partial charge on any atom is 0.430 e. The van der Waals surface area contributed by atoms with E-state index < -0.39 is 30.1 Å². The number of aliphatic carboxylic acids is 1. The highest BCUT2D eigenvalue weighted by Crippen LogP contribution is 2.34. The number of nitrogens with one attached hydrogen (secondary N) is 2. The molecule has 0 bridgehead atoms. The Morgan fingerprint density at radius 1 is 1.00 bits per heavy atom. The molecule has 3 atom stereocenters. The van der Waals surface area contributed by atoms with Crippen molar-refractivity contribution in [1.29, 1.82) is 0 Å². The highest BCUT2D eigenvalue weighted by molar-refractivity contribution is 5.96. The highest BCUT2D eigenvalue weighted by atomic mass is 19.4. The average Bonchev–Trinajstić information content (AvgIpc) is 3.53. The third kappa shape index (κ3) is 10.7. The van der Waals surface area contributed by atoms with E-state index in [0.717, 1.165) is 35.6 Å². The molecule has 1 unspecified atom stereocenters. The van der Waals surface area contributed by atoms with Crippen molar-refractivity contribution in [3.63, 3.8) is 0 Å². The van der Waals surface area contributed by atoms with Gasteiger partial charge in [0.15, 0.2) is 11.5 Å². The number of carbonyl (C=O) groups excluding carboxylic acids is 4. The van der Waals surface area contributed by atoms with E-state index in [1.807, 2.05) is 32.0 Å². The molecule has 5 N–H and O–H groups in total. The number of rotatable bonds is 10. The minimum absolute atomic E-state index is 0.00521. The van der Waals surface area contributed by atoms with Crippen LogP contribution in [-0.2, 0) is 22.6 Å². The molecule has 0 saturated carbocycles. The number of quaternary nitrogens is 1. The summed E-state index contributed by atoms with van der Waals surface area (Å²) in [6, 6.07) is 17.5. The van der Waals surface area contributed by atoms with E-state index in [1.165, 1.54) is 0 Å². The van der Waals surface area contributed by atoms with E-state index in [2.05, 4.69) is 17.7 Å². The van der Waals surface area contributed by atoms with Crippen molar-refractivity contribution in [3.8, 4) is 17.2 Å². The van der Waals surface area contributed by atoms with E-state index in [1.54, 1.807) is 53.4 Å². The summed E-state index contributed by atoms with van der Waals surface area (Å²) >= 11 is 0. The second-order valence-corrected chi connectivity index (χ2v) is 13.3. The lowest BCUT2D eigenvalue weighted by Gasteiger charge is -2.46. The molecule has 0 aromatic heterocycles. The number of aromatic hydroxyl groups is 1. The molecule has 0 aliphatic carbocycles. The van der Waals surface area contributed by atoms with E-state index in [4.69, 9.17) is 25.1 Å². The summed E-state index contributed by atoms with van der Waals surface area (Å²) in [5.41, 5.74) is 8.83. The lowest BCUT2D eigenvalue weighted by Crippen LogP contribution is -2.62. The maximum atomic E-state index is 14.1. The summed E-state index contributed by atoms with van der Waals surface area (Å²) in [5.74, 6) is -2.26. The van der Waals surface area contributed by atoms with Crippen LogP contribution >= 0.6 is 0 Å². The smallest absolute Gasteiger partial charge is 0.430 e. The predicted molar refractivity (Wildman–Crippen MR) is 181 cm³/mol. The molecule has 1 fully saturated rings. The van der Waals surface area contributed by atoms with Crippen molar-refractivity contribution in [2.45, 2.75) is 64.0 Å². The molecule has 280 valence electrons. The van der Waals surface area contributed by atoms with Gasteiger partial charge in [0.05, 0.1) is 26.2 Å². The molecule has 52 heavy (non-hydrogen) atoms. The van der Waals surface area contributed by atoms with Gasteiger partial charge in [-0.3, -0.25) is 9.59 Å². The lowest BCUT2D eigenvalue weighted by atomic mass is 9.96. The fraction of sp³-hybridized carbons (Fsp3) is 0.389. The number of phenolic OH excluding ortho intramolecular Hbond substituents is 1. The van der Waals surface area contributed by atoms with Gasteiger partial charge in [-0.05, 0) is 86.8 Å². The van der Waals surface area contributed by atoms with Crippen molar-refractivity contribution in [3.05, 3.63) is 83.4 Å². The van der Waals surface area contributed by atoms with Crippen LogP contribution in [0.2, 0.25) is 0 Å². The third-order valence-electron chi connectivity index (χ3n) is 8.60. The third-order valence-corrected chi connectivity index (χ3v) is 8.60. The van der Waals surface area contributed by atoms with Crippen LogP contribution in [0.4, 0.5) is 23.7 Å². The Morgan fingerprint density at radius 2 is 1.62 bits per heavy atom. The van der Waals surface area contributed by atoms with Gasteiger partial charge >= 0.3 is 12.2 Å². The molecule has 2 aliphatic rings. The molecule has 2 heterocycles. The molecule has 16 heteroatoms. The highest BCUT2D eigenvalue weighted by Gasteiger charge is 2.41. The zero-order valence-electron chi connectivity index (χ0n) is 28.9. The van der Waals surface area contributed by atoms with Crippen LogP contribution in [0.5, 0.6) is 17.2 Å². The van der Waals surface area contributed by atoms with Crippen LogP contribution in [0.15, 0.2) is 66.7 Å². The number of benzene rings is 3. The van der Waals surface area contributed by atoms with Crippen LogP contribution in [0.1, 0.15) is 48.2 Å². The van der Waals surface area contributed by atoms with Crippen LogP contribution < -0.4 is 30.9 Å². The van der Waals surface area contributed by atoms with E-state index in [-0.39, 0.29) is 37.0 Å². The second-order valence-electron chi connectivity index (χ2n) is 13.3. The molecule has 5 rings (SSSR count). The first kappa shape index (κ1) is 39.3. The molecule has 0 spiro atoms. The standard InChI is InChI=1S/C34H41N5O6.C2HF3O2/c1-22(2)36-33(42)25-9-11-26(12-10-25)37-34(43)38(29(32(35)41)17-23-6-13-28(40)14-7-23)27-5-4-16-39(3,20-27)19-24-8-15-30-31(18-24)45-21-44-30;3-2(4,5)1(6)7/h6-15,18,22,27,29H,4-5,16-17,19-21H2,1-3H3,(H4-,35,36,37,40,41,42,43);(H,6,7)/t27-,29+,39?;/m1./s1. The van der Waals surface area contributed by atoms with Gasteiger partial charge in [-0.25, -0.2) is 4.79 Å². The van der Waals surface area contributed by atoms with Crippen molar-refractivity contribution < 1.29 is 56.5 Å². The molecule has 1 saturated heterocycles. The molecule has 4 amide bonds. The van der Waals surface area contributed by atoms with Gasteiger partial charge in [-0.2, -0.15) is 13.2 Å². The first-order valence-corrected chi connectivity index (χ1v) is 16.5. The van der Waals surface area contributed by atoms with E-state index >= 15 is 0 Å². The zero-order chi connectivity index (χ0) is 38.2. The summed E-state index contributed by atoms with van der Waals surface area (Å²) in [4.78, 5) is 50.0. The quantitative estimate of drug-likeness (QED) is 0.229. The molecule has 0 radical (unpaired) electrons. The summed E-state index contributed by atoms with van der Waals surface area (Å²) in [7, 11) is 2.16. The topological polar surface area (TPSA) is 183 Å². The van der Waals surface area contributed by atoms with Gasteiger partial charge in [0.1, 0.15) is 24.3 Å². The monoisotopic (exact) mass is 729 g/mol. The minimum atomic E-state index is -5.19. The number of carboxylic acids is 1. The lowest BCUT2D eigenvalue weighted by molar-refractivity contribution is -0.928. The number of amides is 4. The Bertz CT molecular complexity index is 1740. The van der Waals surface area contributed by atoms with Crippen LogP contribution in [0.3, 0.4) is 0 Å². The van der Waals surface area contributed by atoms with Gasteiger partial charge in [0.2, 0.25) is 12.7 Å². The molecular formula is C36H42F3N5O8. The maximum absolute atomic E-state index is 14.1. The zero-order valence-corrected chi connectivity index (χ0v) is 28.9. The number of phenols is 1. The first-order valence-electron chi connectivity index (χ1n) is 16.5. The summed E-state index contributed by atoms with van der Waals surface area (Å²) < 4.78 is 43.3. The average molecular weight is 730 g/mol. The van der Waals surface area contributed by atoms with Crippen LogP contribution in [0.25, 0.3) is 0 Å². The van der Waals surface area contributed by atoms with Crippen molar-refractivity contribution in [2.75, 3.05) is 32.2 Å². The number of anilines is 1. The summed E-state index contributed by atoms with van der Waals surface area (Å²) in [5, 5.41) is 24.4. The summed E-state index contributed by atoms with van der Waals surface area (Å²) in [6.45, 7) is 6.20. The molecule has 3 aromatic rings. The number of nitrogens with two attached hydrogens (primary N) is 1. The number of ether oxygens (including phenoxy) is 2. The van der Waals surface area contributed by atoms with Crippen molar-refractivity contribution in [1.82, 2.24) is 10.2 Å². The number of urea groups is 1. The van der Waals surface area contributed by atoms with Crippen LogP contribution in [0, 0.1) is 0 Å². The number of carboxylic acid groups (broad SMARTS) is 1. The van der Waals surface area contributed by atoms with Gasteiger partial charge in [-0.15, -0.1) is 0 Å². The Labute approximate surface area is 298 Å². The number of hydrogen-bond donors (Lipinski definition) is 4. The number of alkyl halides is 3. The number of likely N-dealkylation sites (N-methyl/N-ethyl adjacent to an activating group) is 1. The number of carbonyl (C=O) groups is 4. The number of primary amides is 1. The largest absolute Gasteiger partial charge is 0.542 e. The number of halogens is 3. The Morgan fingerprint density at radius 3 is 2.21 bits per heavy atom. The first-order chi connectivity index (χ1) is 24.4. The summed E-state index contributed by atoms with van der Waals surface area (Å²) in [6.07, 6.45) is -3.45. The fourth-order valence-electron chi connectivity index (χ4n) is 6.24. The van der Waals surface area contributed by atoms with E-state index in [0.29, 0.717) is 35.2 Å². The van der Waals surface area contributed by atoms with Gasteiger partial charge in [0, 0.05) is 29.3 Å². The number of likely N-dealkylation sites (tertiary alicyclic amines) is 1.